The molecule has 8 nitrogen and oxygen atoms in total. The van der Waals surface area contributed by atoms with Gasteiger partial charge in [0.25, 0.3) is 5.91 Å². The molecule has 0 heterocycles. The molecule has 3 amide bonds. The van der Waals surface area contributed by atoms with Crippen molar-refractivity contribution in [3.63, 3.8) is 0 Å². The molecule has 172 valence electrons. The van der Waals surface area contributed by atoms with E-state index in [2.05, 4.69) is 5.32 Å². The van der Waals surface area contributed by atoms with Gasteiger partial charge in [0.1, 0.15) is 11.8 Å². The largest absolute Gasteiger partial charge is 0.616 e. The fourth-order valence-electron chi connectivity index (χ4n) is 3.32. The fraction of sp³-hybridized carbons (Fsp3) is 0.348. The van der Waals surface area contributed by atoms with Crippen LogP contribution in [0.4, 0.5) is 5.69 Å². The fourth-order valence-corrected chi connectivity index (χ4v) is 4.12. The minimum absolute atomic E-state index is 0.0484. The molecule has 0 bridgehead atoms. The van der Waals surface area contributed by atoms with Gasteiger partial charge in [0.2, 0.25) is 12.3 Å². The Morgan fingerprint density at radius 3 is 2.53 bits per heavy atom. The van der Waals surface area contributed by atoms with Crippen LogP contribution in [0.2, 0.25) is 0 Å². The van der Waals surface area contributed by atoms with Crippen LogP contribution < -0.4 is 14.8 Å². The predicted molar refractivity (Wildman–Crippen MR) is 124 cm³/mol. The molecule has 2 atom stereocenters. The Morgan fingerprint density at radius 2 is 1.97 bits per heavy atom. The van der Waals surface area contributed by atoms with Crippen molar-refractivity contribution in [2.45, 2.75) is 26.8 Å². The molecule has 0 aliphatic rings. The number of carbonyl (C=O) groups is 3. The van der Waals surface area contributed by atoms with Crippen LogP contribution in [0.25, 0.3) is 0 Å². The minimum atomic E-state index is -1.31. The third-order valence-electron chi connectivity index (χ3n) is 4.82. The lowest BCUT2D eigenvalue weighted by Crippen LogP contribution is -2.37. The lowest BCUT2D eigenvalue weighted by atomic mass is 10.0. The van der Waals surface area contributed by atoms with E-state index in [9.17, 15) is 18.9 Å². The van der Waals surface area contributed by atoms with Gasteiger partial charge < -0.3 is 19.3 Å². The zero-order valence-electron chi connectivity index (χ0n) is 18.8. The highest BCUT2D eigenvalue weighted by atomic mass is 32.2. The molecule has 2 aromatic carbocycles. The summed E-state index contributed by atoms with van der Waals surface area (Å²) in [6.45, 7) is 5.29. The second-order valence-electron chi connectivity index (χ2n) is 7.08. The van der Waals surface area contributed by atoms with E-state index >= 15 is 0 Å². The number of anilines is 1. The Bertz CT molecular complexity index is 979. The summed E-state index contributed by atoms with van der Waals surface area (Å²) in [5.41, 5.74) is 1.85. The number of imide groups is 1. The lowest BCUT2D eigenvalue weighted by Gasteiger charge is -2.28. The first-order chi connectivity index (χ1) is 15.2. The molecule has 2 unspecified atom stereocenters. The number of benzene rings is 2. The van der Waals surface area contributed by atoms with E-state index in [-0.39, 0.29) is 17.2 Å². The quantitative estimate of drug-likeness (QED) is 0.431. The van der Waals surface area contributed by atoms with Crippen LogP contribution in [0.3, 0.4) is 0 Å². The van der Waals surface area contributed by atoms with Gasteiger partial charge in [-0.1, -0.05) is 23.3 Å². The molecule has 32 heavy (non-hydrogen) atoms. The third-order valence-corrected chi connectivity index (χ3v) is 5.61. The van der Waals surface area contributed by atoms with Gasteiger partial charge in [-0.2, -0.15) is 0 Å². The van der Waals surface area contributed by atoms with E-state index < -0.39 is 23.1 Å². The first-order valence-corrected chi connectivity index (χ1v) is 11.7. The molecule has 0 spiro atoms. The van der Waals surface area contributed by atoms with Gasteiger partial charge in [0, 0.05) is 18.2 Å². The topological polar surface area (TPSA) is 108 Å². The van der Waals surface area contributed by atoms with Gasteiger partial charge in [-0.15, -0.1) is 0 Å². The minimum Gasteiger partial charge on any atom is -0.616 e. The molecular weight excluding hydrogens is 432 g/mol. The predicted octanol–water partition coefficient (Wildman–Crippen LogP) is 3.08. The summed E-state index contributed by atoms with van der Waals surface area (Å²) < 4.78 is 23.1. The summed E-state index contributed by atoms with van der Waals surface area (Å²) in [4.78, 5) is 38.0. The summed E-state index contributed by atoms with van der Waals surface area (Å²) in [6, 6.07) is 9.17. The number of amides is 3. The molecule has 0 aliphatic carbocycles. The second-order valence-corrected chi connectivity index (χ2v) is 8.56. The average molecular weight is 461 g/mol. The average Bonchev–Trinajstić information content (AvgIpc) is 2.74. The highest BCUT2D eigenvalue weighted by Crippen LogP contribution is 2.33. The highest BCUT2D eigenvalue weighted by Gasteiger charge is 2.31. The molecule has 0 aromatic heterocycles. The van der Waals surface area contributed by atoms with Crippen LogP contribution >= 0.6 is 0 Å². The molecule has 2 rings (SSSR count). The maximum Gasteiger partial charge on any atom is 0.261 e. The van der Waals surface area contributed by atoms with Crippen LogP contribution in [0.15, 0.2) is 36.4 Å². The highest BCUT2D eigenvalue weighted by molar-refractivity contribution is 7.90. The van der Waals surface area contributed by atoms with Crippen LogP contribution in [-0.4, -0.2) is 53.4 Å². The summed E-state index contributed by atoms with van der Waals surface area (Å²) in [5, 5.41) is 2.68. The van der Waals surface area contributed by atoms with E-state index in [1.165, 1.54) is 20.3 Å². The number of hydrogen-bond donors (Lipinski definition) is 1. The Labute approximate surface area is 191 Å². The van der Waals surface area contributed by atoms with Gasteiger partial charge in [-0.3, -0.25) is 19.3 Å². The van der Waals surface area contributed by atoms with Crippen LogP contribution in [0, 0.1) is 6.92 Å². The van der Waals surface area contributed by atoms with Crippen molar-refractivity contribution >= 4 is 35.1 Å². The van der Waals surface area contributed by atoms with Crippen molar-refractivity contribution in [3.8, 4) is 11.5 Å². The molecule has 0 aliphatic heterocycles. The first-order valence-electron chi connectivity index (χ1n) is 9.99. The van der Waals surface area contributed by atoms with Gasteiger partial charge in [-0.25, -0.2) is 0 Å². The molecule has 1 N–H and O–H groups in total. The number of rotatable bonds is 10. The van der Waals surface area contributed by atoms with Gasteiger partial charge >= 0.3 is 0 Å². The Morgan fingerprint density at radius 1 is 1.25 bits per heavy atom. The maximum atomic E-state index is 13.4. The van der Waals surface area contributed by atoms with Gasteiger partial charge in [0.05, 0.1) is 20.0 Å². The van der Waals surface area contributed by atoms with E-state index in [0.717, 1.165) is 4.90 Å². The van der Waals surface area contributed by atoms with Crippen molar-refractivity contribution in [1.82, 2.24) is 4.90 Å². The van der Waals surface area contributed by atoms with Gasteiger partial charge in [0.15, 0.2) is 11.5 Å². The second kappa shape index (κ2) is 11.5. The number of nitrogens with zero attached hydrogens (tertiary/aromatic N) is 1. The molecule has 0 saturated heterocycles. The van der Waals surface area contributed by atoms with Crippen molar-refractivity contribution in [3.05, 3.63) is 53.1 Å². The smallest absolute Gasteiger partial charge is 0.261 e. The molecular formula is C23H28N2O6S. The maximum absolute atomic E-state index is 13.4. The third kappa shape index (κ3) is 6.02. The molecule has 2 aromatic rings. The molecule has 0 fully saturated rings. The van der Waals surface area contributed by atoms with Crippen molar-refractivity contribution in [2.24, 2.45) is 0 Å². The van der Waals surface area contributed by atoms with Crippen LogP contribution in [-0.2, 0) is 20.8 Å². The van der Waals surface area contributed by atoms with Crippen LogP contribution in [0.5, 0.6) is 11.5 Å². The number of hydrogen-bond acceptors (Lipinski definition) is 6. The number of ether oxygens (including phenoxy) is 2. The standard InChI is InChI=1S/C23H28N2O6S/c1-6-31-22-12-17(10-11-21(22)30-4)20(13-32(5)29)25(14-26)23(28)18-8-7-9-19(15(18)2)24-16(3)27/h7-12,14,20H,6,13H2,1-5H3,(H,24,27). The van der Waals surface area contributed by atoms with Crippen molar-refractivity contribution in [2.75, 3.05) is 31.0 Å². The molecule has 0 saturated carbocycles. The summed E-state index contributed by atoms with van der Waals surface area (Å²) >= 11 is -1.31. The number of carbonyl (C=O) groups excluding carboxylic acids is 3. The summed E-state index contributed by atoms with van der Waals surface area (Å²) in [6.07, 6.45) is 1.95. The number of methoxy groups -OCH3 is 1. The Balaban J connectivity index is 2.52. The van der Waals surface area contributed by atoms with E-state index in [4.69, 9.17) is 9.47 Å². The van der Waals surface area contributed by atoms with Crippen molar-refractivity contribution in [1.29, 1.82) is 0 Å². The van der Waals surface area contributed by atoms with E-state index in [1.807, 2.05) is 6.92 Å². The van der Waals surface area contributed by atoms with Crippen molar-refractivity contribution < 1.29 is 28.4 Å². The summed E-state index contributed by atoms with van der Waals surface area (Å²) in [7, 11) is 1.52. The Hall–Kier alpha value is -3.04. The zero-order chi connectivity index (χ0) is 23.8. The van der Waals surface area contributed by atoms with Crippen LogP contribution in [0.1, 0.15) is 41.4 Å². The normalized spacial score (nSPS) is 12.4. The van der Waals surface area contributed by atoms with E-state index in [0.29, 0.717) is 41.3 Å². The SMILES string of the molecule is CCOc1cc(C(C[S+](C)[O-])N(C=O)C(=O)c2cccc(NC(C)=O)c2C)ccc1OC. The zero-order valence-corrected chi connectivity index (χ0v) is 19.7. The van der Waals surface area contributed by atoms with Gasteiger partial charge in [-0.05, 0) is 49.2 Å². The van der Waals surface area contributed by atoms with E-state index in [1.54, 1.807) is 43.3 Å². The first kappa shape index (κ1) is 25.2. The molecule has 9 heteroatoms. The lowest BCUT2D eigenvalue weighted by molar-refractivity contribution is -0.117. The summed E-state index contributed by atoms with van der Waals surface area (Å²) in [5.74, 6) is 0.184. The number of nitrogens with one attached hydrogen (secondary N) is 1. The monoisotopic (exact) mass is 460 g/mol. The molecule has 0 radical (unpaired) electrons. The Kier molecular flexibility index (Phi) is 9.10.